The van der Waals surface area contributed by atoms with Crippen molar-refractivity contribution in [2.75, 3.05) is 57.0 Å². The predicted octanol–water partition coefficient (Wildman–Crippen LogP) is 4.04. The minimum atomic E-state index is -0.373. The lowest BCUT2D eigenvalue weighted by atomic mass is 9.99. The molecule has 0 aliphatic carbocycles. The maximum Gasteiger partial charge on any atom is 0.373 e. The molecule has 0 bridgehead atoms. The Morgan fingerprint density at radius 2 is 0.693 bits per heavy atom. The van der Waals surface area contributed by atoms with Gasteiger partial charge in [-0.1, -0.05) is 73.1 Å². The summed E-state index contributed by atoms with van der Waals surface area (Å²) in [7, 11) is 12.4. The molecule has 3 aromatic heterocycles. The van der Waals surface area contributed by atoms with Crippen LogP contribution in [0.4, 0.5) is 17.1 Å². The van der Waals surface area contributed by atoms with Crippen LogP contribution in [0, 0.1) is 32.1 Å². The molecular formula is C70H89Br3N8O7. The van der Waals surface area contributed by atoms with Crippen LogP contribution in [0.1, 0.15) is 126 Å². The second-order valence-corrected chi connectivity index (χ2v) is 21.1. The van der Waals surface area contributed by atoms with Crippen molar-refractivity contribution < 1.29 is 98.2 Å². The number of halogens is 3. The van der Waals surface area contributed by atoms with Crippen LogP contribution < -0.4 is 85.1 Å². The fourth-order valence-electron chi connectivity index (χ4n) is 10.3. The lowest BCUT2D eigenvalue weighted by Gasteiger charge is -2.15. The van der Waals surface area contributed by atoms with Crippen molar-refractivity contribution in [3.8, 4) is 6.07 Å². The first kappa shape index (κ1) is 82.3. The highest BCUT2D eigenvalue weighted by atomic mass is 79.9. The molecule has 88 heavy (non-hydrogen) atoms. The number of fused-ring (bicyclic) bond motifs is 6. The number of benzene rings is 6. The smallest absolute Gasteiger partial charge is 0.373 e. The van der Waals surface area contributed by atoms with Gasteiger partial charge in [-0.25, -0.2) is 0 Å². The van der Waals surface area contributed by atoms with Gasteiger partial charge in [0.05, 0.1) is 32.7 Å². The van der Waals surface area contributed by atoms with E-state index >= 15 is 0 Å². The summed E-state index contributed by atoms with van der Waals surface area (Å²) in [5.74, 6) is -0.373. The normalized spacial score (nSPS) is 9.67. The van der Waals surface area contributed by atoms with Crippen molar-refractivity contribution in [3.63, 3.8) is 0 Å². The van der Waals surface area contributed by atoms with Crippen LogP contribution in [0.2, 0.25) is 0 Å². The van der Waals surface area contributed by atoms with Crippen molar-refractivity contribution >= 4 is 107 Å². The lowest BCUT2D eigenvalue weighted by Crippen LogP contribution is -3.00. The number of unbranched alkanes of at least 4 members (excludes halogenated alkanes) is 6. The number of pyridine rings is 3. The molecule has 0 aliphatic heterocycles. The summed E-state index contributed by atoms with van der Waals surface area (Å²) < 4.78 is 7.27. The number of aromatic nitrogens is 3. The Labute approximate surface area is 552 Å². The standard InChI is InChI=1S/C22H27N3O.C22H26N3.C21H27N2.3CO2.2CH4.3BrH/c1-5-6-7-12-25-19-13-15(2)8-10-17(19)21(22(23)26)18-11-9-16(24(3)4)14-20(18)25;1-5-6-7-12-25-21-13-16(2)8-10-18(21)20(15-23)19-11-9-17(24(3)4)14-22(19)25;1-5-6-7-12-23-20-13-16(2)8-9-17(20)14-18-10-11-19(22(3)4)15-21(18)23;3*2-1-3;;;;;/h8-11,13-14H,5-7,12H2,1-4H3,(H-,23,26);8-11,13-14H,5-7,12H2,1-4H3;8-11,13-15H,5-7,12H2,1-4H3;;;;2*1H4;3*1H/q;2*+1;;;;;;;;/p-2. The van der Waals surface area contributed by atoms with E-state index in [-0.39, 0.29) is 90.2 Å². The van der Waals surface area contributed by atoms with Gasteiger partial charge in [0.25, 0.3) is 0 Å². The molecular weight excluding hydrogens is 1300 g/mol. The maximum atomic E-state index is 12.3. The van der Waals surface area contributed by atoms with Gasteiger partial charge >= 0.3 is 18.5 Å². The van der Waals surface area contributed by atoms with Gasteiger partial charge in [0.1, 0.15) is 25.7 Å². The van der Waals surface area contributed by atoms with Crippen LogP contribution in [0.3, 0.4) is 0 Å². The van der Waals surface area contributed by atoms with E-state index in [1.807, 2.05) is 38.4 Å². The Hall–Kier alpha value is -7.73. The highest BCUT2D eigenvalue weighted by molar-refractivity contribution is 6.14. The van der Waals surface area contributed by atoms with E-state index < -0.39 is 0 Å². The molecule has 15 nitrogen and oxygen atoms in total. The average molecular weight is 1390 g/mol. The number of nitrogens with zero attached hydrogens (tertiary/aromatic N) is 7. The van der Waals surface area contributed by atoms with Gasteiger partial charge in [0.2, 0.25) is 39.0 Å². The Bertz CT molecular complexity index is 3840. The first-order valence-corrected chi connectivity index (χ1v) is 28.2. The van der Waals surface area contributed by atoms with E-state index in [1.54, 1.807) is 0 Å². The molecule has 3 heterocycles. The molecule has 18 heteroatoms. The van der Waals surface area contributed by atoms with Gasteiger partial charge in [-0.2, -0.15) is 47.7 Å². The van der Waals surface area contributed by atoms with Crippen LogP contribution in [0.15, 0.2) is 115 Å². The van der Waals surface area contributed by atoms with E-state index in [4.69, 9.17) is 34.5 Å². The summed E-state index contributed by atoms with van der Waals surface area (Å²) in [5.41, 5.74) is 21.6. The number of carbonyl (C=O) groups is 1. The SMILES string of the molecule is C.C.CCCCC[n+]1c2cc(C)ccc2c(C#N)c2ccc(N(C)C)cc21.CCCCC[n+]1c2cc(C)ccc2c(C(N)=O)c2ccc(N(C)C)cc21.CCCCC[n+]1c2cc(C)ccc2cc2ccc(N(C)C)cc21.O=C=O.O=C=O.O=C=O.[Br-].[Br-].[Br-]. The zero-order valence-corrected chi connectivity index (χ0v) is 56.4. The first-order chi connectivity index (χ1) is 39.8. The van der Waals surface area contributed by atoms with Crippen molar-refractivity contribution in [2.24, 2.45) is 5.73 Å². The number of primary amides is 1. The molecule has 472 valence electrons. The molecule has 0 spiro atoms. The van der Waals surface area contributed by atoms with E-state index in [2.05, 4.69) is 195 Å². The predicted molar refractivity (Wildman–Crippen MR) is 342 cm³/mol. The Morgan fingerprint density at radius 1 is 0.420 bits per heavy atom. The van der Waals surface area contributed by atoms with E-state index in [1.165, 1.54) is 89.1 Å². The Balaban J connectivity index is 0. The number of hydrogen-bond donors (Lipinski definition) is 1. The summed E-state index contributed by atoms with van der Waals surface area (Å²) >= 11 is 0. The molecule has 9 aromatic rings. The molecule has 0 saturated heterocycles. The van der Waals surface area contributed by atoms with Gasteiger partial charge in [-0.05, 0) is 117 Å². The number of rotatable bonds is 16. The summed E-state index contributed by atoms with van der Waals surface area (Å²) in [5, 5.41) is 16.4. The van der Waals surface area contributed by atoms with Gasteiger partial charge in [0.15, 0.2) is 0 Å². The van der Waals surface area contributed by atoms with Crippen molar-refractivity contribution in [1.82, 2.24) is 0 Å². The van der Waals surface area contributed by atoms with E-state index in [0.29, 0.717) is 5.56 Å². The third kappa shape index (κ3) is 21.5. The molecule has 6 aromatic carbocycles. The third-order valence-electron chi connectivity index (χ3n) is 14.5. The second kappa shape index (κ2) is 41.4. The Morgan fingerprint density at radius 3 is 1.07 bits per heavy atom. The van der Waals surface area contributed by atoms with E-state index in [9.17, 15) is 10.1 Å². The number of anilines is 3. The van der Waals surface area contributed by atoms with Crippen molar-refractivity contribution in [3.05, 3.63) is 143 Å². The summed E-state index contributed by atoms with van der Waals surface area (Å²) in [6.45, 7) is 16.1. The fourth-order valence-corrected chi connectivity index (χ4v) is 10.3. The topological polar surface area (TPSA) is 191 Å². The van der Waals surface area contributed by atoms with Crippen LogP contribution in [-0.4, -0.2) is 66.6 Å². The quantitative estimate of drug-likeness (QED) is 0.0836. The third-order valence-corrected chi connectivity index (χ3v) is 14.5. The van der Waals surface area contributed by atoms with Gasteiger partial charge in [-0.15, -0.1) is 0 Å². The molecule has 0 fully saturated rings. The largest absolute Gasteiger partial charge is 1.00 e. The van der Waals surface area contributed by atoms with Gasteiger partial charge in [-0.3, -0.25) is 4.79 Å². The summed E-state index contributed by atoms with van der Waals surface area (Å²) in [4.78, 5) is 67.4. The molecule has 0 unspecified atom stereocenters. The van der Waals surface area contributed by atoms with Crippen molar-refractivity contribution in [1.29, 1.82) is 5.26 Å². The minimum absolute atomic E-state index is 0. The molecule has 0 atom stereocenters. The number of amides is 1. The van der Waals surface area contributed by atoms with Gasteiger partial charge in [0, 0.05) is 126 Å². The molecule has 0 aliphatic rings. The average Bonchev–Trinajstić information content (AvgIpc) is 1.06. The molecule has 1 amide bonds. The second-order valence-electron chi connectivity index (χ2n) is 21.1. The van der Waals surface area contributed by atoms with Crippen molar-refractivity contribution in [2.45, 2.75) is 134 Å². The number of nitriles is 1. The molecule has 2 N–H and O–H groups in total. The number of hydrogen-bond acceptors (Lipinski definition) is 11. The molecule has 0 radical (unpaired) electrons. The van der Waals surface area contributed by atoms with Crippen LogP contribution in [0.5, 0.6) is 0 Å². The molecule has 0 saturated carbocycles. The number of carbonyl (C=O) groups excluding carboxylic acids is 7. The first-order valence-electron chi connectivity index (χ1n) is 28.2. The zero-order valence-electron chi connectivity index (χ0n) is 51.7. The number of aryl methyl sites for hydroxylation is 6. The van der Waals surface area contributed by atoms with Crippen LogP contribution in [-0.2, 0) is 48.4 Å². The minimum Gasteiger partial charge on any atom is -1.00 e. The lowest BCUT2D eigenvalue weighted by molar-refractivity contribution is -0.646. The van der Waals surface area contributed by atoms with Gasteiger partial charge < -0.3 is 71.4 Å². The fraction of sp³-hybridized carbons (Fsp3) is 0.371. The highest BCUT2D eigenvalue weighted by Gasteiger charge is 2.25. The zero-order chi connectivity index (χ0) is 61.3. The highest BCUT2D eigenvalue weighted by Crippen LogP contribution is 2.31. The summed E-state index contributed by atoms with van der Waals surface area (Å²) in [6.07, 6.45) is 11.6. The van der Waals surface area contributed by atoms with E-state index in [0.717, 1.165) is 93.0 Å². The molecule has 9 rings (SSSR count). The monoisotopic (exact) mass is 1390 g/mol. The number of nitrogens with two attached hydrogens (primary N) is 1. The summed E-state index contributed by atoms with van der Waals surface area (Å²) in [6, 6.07) is 43.6. The Kier molecular flexibility index (Phi) is 38.8. The van der Waals surface area contributed by atoms with Crippen LogP contribution >= 0.6 is 0 Å². The van der Waals surface area contributed by atoms with Crippen LogP contribution in [0.25, 0.3) is 65.4 Å². The maximum absolute atomic E-state index is 12.3.